The summed E-state index contributed by atoms with van der Waals surface area (Å²) in [6, 6.07) is 6.41. The third kappa shape index (κ3) is 6.76. The van der Waals surface area contributed by atoms with E-state index >= 15 is 0 Å². The van der Waals surface area contributed by atoms with Crippen molar-refractivity contribution >= 4 is 17.9 Å². The van der Waals surface area contributed by atoms with Gasteiger partial charge in [0.15, 0.2) is 0 Å². The molecule has 1 aromatic carbocycles. The topological polar surface area (TPSA) is 99.1 Å². The zero-order chi connectivity index (χ0) is 15.7. The lowest BCUT2D eigenvalue weighted by Crippen LogP contribution is -2.13. The van der Waals surface area contributed by atoms with Gasteiger partial charge in [0, 0.05) is 12.2 Å². The summed E-state index contributed by atoms with van der Waals surface area (Å²) in [4.78, 5) is 32.6. The van der Waals surface area contributed by atoms with Crippen molar-refractivity contribution in [1.82, 2.24) is 0 Å². The predicted molar refractivity (Wildman–Crippen MR) is 71.0 cm³/mol. The molecule has 0 unspecified atom stereocenters. The van der Waals surface area contributed by atoms with Gasteiger partial charge in [-0.25, -0.2) is 9.59 Å². The van der Waals surface area contributed by atoms with Gasteiger partial charge in [-0.3, -0.25) is 4.79 Å². The molecule has 0 amide bonds. The fraction of sp³-hybridized carbons (Fsp3) is 0.214. The molecule has 0 aliphatic heterocycles. The van der Waals surface area contributed by atoms with Crippen LogP contribution in [0.25, 0.3) is 0 Å². The Balaban J connectivity index is 2.30. The fourth-order valence-corrected chi connectivity index (χ4v) is 1.25. The minimum atomic E-state index is -1.26. The SMILES string of the molecule is COc1ccc(OC(=O)CCOC(=O)/C=C/C(=O)O)cc1. The van der Waals surface area contributed by atoms with Crippen molar-refractivity contribution in [2.24, 2.45) is 0 Å². The van der Waals surface area contributed by atoms with E-state index in [2.05, 4.69) is 4.74 Å². The molecule has 1 N–H and O–H groups in total. The molecule has 0 fully saturated rings. The number of ether oxygens (including phenoxy) is 3. The fourth-order valence-electron chi connectivity index (χ4n) is 1.25. The molecular weight excluding hydrogens is 280 g/mol. The normalized spacial score (nSPS) is 10.1. The molecule has 0 spiro atoms. The number of methoxy groups -OCH3 is 1. The molecule has 0 aliphatic carbocycles. The predicted octanol–water partition coefficient (Wildman–Crippen LogP) is 1.17. The Morgan fingerprint density at radius 2 is 1.71 bits per heavy atom. The molecule has 21 heavy (non-hydrogen) atoms. The second kappa shape index (κ2) is 8.36. The van der Waals surface area contributed by atoms with Crippen LogP contribution < -0.4 is 9.47 Å². The summed E-state index contributed by atoms with van der Waals surface area (Å²) >= 11 is 0. The van der Waals surface area contributed by atoms with E-state index in [1.165, 1.54) is 7.11 Å². The third-order valence-electron chi connectivity index (χ3n) is 2.20. The van der Waals surface area contributed by atoms with E-state index in [1.54, 1.807) is 24.3 Å². The highest BCUT2D eigenvalue weighted by molar-refractivity contribution is 5.90. The van der Waals surface area contributed by atoms with Gasteiger partial charge < -0.3 is 19.3 Å². The van der Waals surface area contributed by atoms with Crippen LogP contribution in [0, 0.1) is 0 Å². The zero-order valence-corrected chi connectivity index (χ0v) is 11.3. The van der Waals surface area contributed by atoms with Crippen LogP contribution >= 0.6 is 0 Å². The van der Waals surface area contributed by atoms with E-state index in [1.807, 2.05) is 0 Å². The summed E-state index contributed by atoms with van der Waals surface area (Å²) in [6.45, 7) is -0.197. The minimum absolute atomic E-state index is 0.140. The number of rotatable bonds is 7. The van der Waals surface area contributed by atoms with E-state index in [0.717, 1.165) is 6.08 Å². The molecular formula is C14H14O7. The van der Waals surface area contributed by atoms with Gasteiger partial charge in [0.25, 0.3) is 0 Å². The highest BCUT2D eigenvalue weighted by Crippen LogP contribution is 2.17. The maximum Gasteiger partial charge on any atom is 0.331 e. The van der Waals surface area contributed by atoms with Crippen molar-refractivity contribution in [3.05, 3.63) is 36.4 Å². The Hall–Kier alpha value is -2.83. The van der Waals surface area contributed by atoms with Crippen LogP contribution in [0.15, 0.2) is 36.4 Å². The molecule has 0 heterocycles. The molecule has 0 radical (unpaired) electrons. The van der Waals surface area contributed by atoms with E-state index in [-0.39, 0.29) is 13.0 Å². The maximum absolute atomic E-state index is 11.5. The van der Waals surface area contributed by atoms with E-state index in [0.29, 0.717) is 17.6 Å². The van der Waals surface area contributed by atoms with Crippen molar-refractivity contribution in [3.63, 3.8) is 0 Å². The number of hydrogen-bond acceptors (Lipinski definition) is 6. The number of carboxylic acid groups (broad SMARTS) is 1. The Morgan fingerprint density at radius 3 is 2.29 bits per heavy atom. The van der Waals surface area contributed by atoms with Crippen LogP contribution in [0.4, 0.5) is 0 Å². The molecule has 0 atom stereocenters. The van der Waals surface area contributed by atoms with E-state index < -0.39 is 17.9 Å². The molecule has 1 rings (SSSR count). The van der Waals surface area contributed by atoms with Crippen molar-refractivity contribution in [2.45, 2.75) is 6.42 Å². The number of carbonyl (C=O) groups excluding carboxylic acids is 2. The van der Waals surface area contributed by atoms with Crippen LogP contribution in [0.5, 0.6) is 11.5 Å². The lowest BCUT2D eigenvalue weighted by atomic mass is 10.3. The third-order valence-corrected chi connectivity index (χ3v) is 2.20. The van der Waals surface area contributed by atoms with Crippen LogP contribution in [0.1, 0.15) is 6.42 Å². The molecule has 0 saturated heterocycles. The molecule has 0 saturated carbocycles. The lowest BCUT2D eigenvalue weighted by Gasteiger charge is -2.05. The summed E-state index contributed by atoms with van der Waals surface area (Å²) in [7, 11) is 1.52. The summed E-state index contributed by atoms with van der Waals surface area (Å²) < 4.78 is 14.6. The first kappa shape index (κ1) is 16.2. The van der Waals surface area contributed by atoms with Crippen molar-refractivity contribution in [3.8, 4) is 11.5 Å². The smallest absolute Gasteiger partial charge is 0.331 e. The number of hydrogen-bond donors (Lipinski definition) is 1. The number of esters is 2. The molecule has 7 nitrogen and oxygen atoms in total. The number of carboxylic acids is 1. The Morgan fingerprint density at radius 1 is 1.10 bits per heavy atom. The molecule has 1 aromatic rings. The summed E-state index contributed by atoms with van der Waals surface area (Å²) in [5.74, 6) is -1.69. The summed E-state index contributed by atoms with van der Waals surface area (Å²) in [6.07, 6.45) is 1.27. The quantitative estimate of drug-likeness (QED) is 0.458. The Bertz CT molecular complexity index is 531. The molecule has 112 valence electrons. The van der Waals surface area contributed by atoms with Gasteiger partial charge in [0.2, 0.25) is 0 Å². The maximum atomic E-state index is 11.5. The summed E-state index contributed by atoms with van der Waals surface area (Å²) in [5.41, 5.74) is 0. The van der Waals surface area contributed by atoms with Crippen molar-refractivity contribution < 1.29 is 33.7 Å². The first-order valence-electron chi connectivity index (χ1n) is 5.94. The lowest BCUT2D eigenvalue weighted by molar-refractivity contribution is -0.142. The van der Waals surface area contributed by atoms with E-state index in [9.17, 15) is 14.4 Å². The van der Waals surface area contributed by atoms with Crippen LogP contribution in [0.3, 0.4) is 0 Å². The average Bonchev–Trinajstić information content (AvgIpc) is 2.46. The Labute approximate surface area is 120 Å². The van der Waals surface area contributed by atoms with Gasteiger partial charge in [-0.1, -0.05) is 0 Å². The monoisotopic (exact) mass is 294 g/mol. The summed E-state index contributed by atoms with van der Waals surface area (Å²) in [5, 5.41) is 8.30. The highest BCUT2D eigenvalue weighted by atomic mass is 16.5. The standard InChI is InChI=1S/C14H14O7/c1-19-10-2-4-11(5-3-10)21-14(18)8-9-20-13(17)7-6-12(15)16/h2-7H,8-9H2,1H3,(H,15,16)/b7-6+. The van der Waals surface area contributed by atoms with Crippen LogP contribution in [0.2, 0.25) is 0 Å². The van der Waals surface area contributed by atoms with Gasteiger partial charge in [-0.15, -0.1) is 0 Å². The first-order valence-corrected chi connectivity index (χ1v) is 5.94. The largest absolute Gasteiger partial charge is 0.497 e. The number of carbonyl (C=O) groups is 3. The van der Waals surface area contributed by atoms with Crippen LogP contribution in [-0.4, -0.2) is 36.7 Å². The van der Waals surface area contributed by atoms with Crippen molar-refractivity contribution in [1.29, 1.82) is 0 Å². The first-order chi connectivity index (χ1) is 10.0. The van der Waals surface area contributed by atoms with Gasteiger partial charge in [-0.05, 0) is 24.3 Å². The molecule has 0 bridgehead atoms. The second-order valence-electron chi connectivity index (χ2n) is 3.74. The number of aliphatic carboxylic acids is 1. The van der Waals surface area contributed by atoms with Gasteiger partial charge >= 0.3 is 17.9 Å². The zero-order valence-electron chi connectivity index (χ0n) is 11.3. The van der Waals surface area contributed by atoms with Crippen LogP contribution in [-0.2, 0) is 19.1 Å². The van der Waals surface area contributed by atoms with Gasteiger partial charge in [0.1, 0.15) is 18.1 Å². The Kier molecular flexibility index (Phi) is 6.46. The number of benzene rings is 1. The van der Waals surface area contributed by atoms with Gasteiger partial charge in [-0.2, -0.15) is 0 Å². The molecule has 0 aliphatic rings. The minimum Gasteiger partial charge on any atom is -0.497 e. The molecule has 0 aromatic heterocycles. The average molecular weight is 294 g/mol. The van der Waals surface area contributed by atoms with Gasteiger partial charge in [0.05, 0.1) is 13.5 Å². The molecule has 7 heteroatoms. The second-order valence-corrected chi connectivity index (χ2v) is 3.74. The van der Waals surface area contributed by atoms with E-state index in [4.69, 9.17) is 14.6 Å². The van der Waals surface area contributed by atoms with Crippen molar-refractivity contribution in [2.75, 3.05) is 13.7 Å². The highest BCUT2D eigenvalue weighted by Gasteiger charge is 2.07.